The summed E-state index contributed by atoms with van der Waals surface area (Å²) in [6.07, 6.45) is 2.01. The van der Waals surface area contributed by atoms with Crippen LogP contribution in [0.1, 0.15) is 30.3 Å². The van der Waals surface area contributed by atoms with Crippen LogP contribution in [0.15, 0.2) is 18.2 Å². The Hall–Kier alpha value is -1.99. The van der Waals surface area contributed by atoms with Crippen LogP contribution in [-0.4, -0.2) is 31.5 Å². The molecule has 7 heteroatoms. The molecule has 0 amide bonds. The van der Waals surface area contributed by atoms with Crippen LogP contribution in [0.25, 0.3) is 15.5 Å². The molecule has 0 saturated carbocycles. The number of ether oxygens (including phenoxy) is 1. The van der Waals surface area contributed by atoms with E-state index >= 15 is 0 Å². The number of phenols is 1. The monoisotopic (exact) mass is 302 g/mol. The topological polar surface area (TPSA) is 72.5 Å². The number of aromatic hydroxyl groups is 1. The summed E-state index contributed by atoms with van der Waals surface area (Å²) in [7, 11) is 0. The molecule has 0 radical (unpaired) electrons. The second-order valence-electron chi connectivity index (χ2n) is 5.16. The normalized spacial score (nSPS) is 18.6. The molecular formula is C14H14N4O2S. The average Bonchev–Trinajstić information content (AvgIpc) is 3.13. The van der Waals surface area contributed by atoms with Crippen LogP contribution < -0.4 is 0 Å². The van der Waals surface area contributed by atoms with E-state index in [0.29, 0.717) is 0 Å². The van der Waals surface area contributed by atoms with Crippen LogP contribution in [0.5, 0.6) is 5.75 Å². The minimum Gasteiger partial charge on any atom is -0.508 e. The molecule has 1 N–H and O–H groups in total. The maximum atomic E-state index is 9.51. The Morgan fingerprint density at radius 3 is 3.05 bits per heavy atom. The molecule has 0 aliphatic carbocycles. The maximum Gasteiger partial charge on any atom is 0.235 e. The molecule has 2 aromatic heterocycles. The molecule has 6 nitrogen and oxygen atoms in total. The van der Waals surface area contributed by atoms with E-state index in [0.717, 1.165) is 46.4 Å². The Bertz CT molecular complexity index is 805. The van der Waals surface area contributed by atoms with Crippen molar-refractivity contribution in [1.82, 2.24) is 19.8 Å². The zero-order valence-electron chi connectivity index (χ0n) is 11.5. The number of fused-ring (bicyclic) bond motifs is 1. The smallest absolute Gasteiger partial charge is 0.235 e. The van der Waals surface area contributed by atoms with Gasteiger partial charge in [0.15, 0.2) is 5.82 Å². The Balaban J connectivity index is 1.80. The standard InChI is InChI=1S/C14H14N4O2S/c1-8-7-9(19)4-5-10(8)13-17-18-12(11-3-2-6-20-11)15-16-14(18)21-13/h4-5,7,11,19H,2-3,6H2,1H3. The Kier molecular flexibility index (Phi) is 2.90. The molecule has 21 heavy (non-hydrogen) atoms. The van der Waals surface area contributed by atoms with Crippen molar-refractivity contribution in [1.29, 1.82) is 0 Å². The third-order valence-corrected chi connectivity index (χ3v) is 4.61. The molecule has 1 atom stereocenters. The van der Waals surface area contributed by atoms with E-state index in [1.54, 1.807) is 16.6 Å². The molecule has 108 valence electrons. The molecular weight excluding hydrogens is 288 g/mol. The van der Waals surface area contributed by atoms with Crippen molar-refractivity contribution >= 4 is 16.3 Å². The molecule has 1 aromatic carbocycles. The van der Waals surface area contributed by atoms with Gasteiger partial charge in [-0.3, -0.25) is 0 Å². The van der Waals surface area contributed by atoms with Gasteiger partial charge in [-0.05, 0) is 43.5 Å². The fraction of sp³-hybridized carbons (Fsp3) is 0.357. The first-order chi connectivity index (χ1) is 10.2. The summed E-state index contributed by atoms with van der Waals surface area (Å²) in [6, 6.07) is 5.28. The van der Waals surface area contributed by atoms with Crippen molar-refractivity contribution < 1.29 is 9.84 Å². The van der Waals surface area contributed by atoms with E-state index in [-0.39, 0.29) is 11.9 Å². The van der Waals surface area contributed by atoms with E-state index in [2.05, 4.69) is 15.3 Å². The van der Waals surface area contributed by atoms with Crippen LogP contribution in [0.2, 0.25) is 0 Å². The van der Waals surface area contributed by atoms with Gasteiger partial charge >= 0.3 is 0 Å². The Morgan fingerprint density at radius 1 is 1.38 bits per heavy atom. The molecule has 3 aromatic rings. The number of hydrogen-bond donors (Lipinski definition) is 1. The predicted molar refractivity (Wildman–Crippen MR) is 78.4 cm³/mol. The van der Waals surface area contributed by atoms with Gasteiger partial charge in [0.25, 0.3) is 0 Å². The lowest BCUT2D eigenvalue weighted by atomic mass is 10.1. The summed E-state index contributed by atoms with van der Waals surface area (Å²) in [5.74, 6) is 1.04. The summed E-state index contributed by atoms with van der Waals surface area (Å²) in [5, 5.41) is 23.4. The predicted octanol–water partition coefficient (Wildman–Crippen LogP) is 2.72. The van der Waals surface area contributed by atoms with Gasteiger partial charge in [-0.1, -0.05) is 11.3 Å². The summed E-state index contributed by atoms with van der Waals surface area (Å²) < 4.78 is 7.45. The molecule has 1 fully saturated rings. The number of rotatable bonds is 2. The van der Waals surface area contributed by atoms with Crippen molar-refractivity contribution in [2.75, 3.05) is 6.61 Å². The summed E-state index contributed by atoms with van der Waals surface area (Å²) in [4.78, 5) is 0.767. The van der Waals surface area contributed by atoms with Crippen LogP contribution >= 0.6 is 11.3 Å². The molecule has 1 aliphatic rings. The highest BCUT2D eigenvalue weighted by Gasteiger charge is 2.25. The molecule has 4 rings (SSSR count). The second-order valence-corrected chi connectivity index (χ2v) is 6.12. The zero-order chi connectivity index (χ0) is 14.4. The van der Waals surface area contributed by atoms with Crippen molar-refractivity contribution in [2.45, 2.75) is 25.9 Å². The number of aromatic nitrogens is 4. The SMILES string of the molecule is Cc1cc(O)ccc1-c1nn2c(C3CCCO3)nnc2s1. The maximum absolute atomic E-state index is 9.51. The molecule has 0 spiro atoms. The van der Waals surface area contributed by atoms with E-state index in [1.165, 1.54) is 11.3 Å². The van der Waals surface area contributed by atoms with E-state index < -0.39 is 0 Å². The number of benzene rings is 1. The van der Waals surface area contributed by atoms with E-state index in [4.69, 9.17) is 4.74 Å². The highest BCUT2D eigenvalue weighted by Crippen LogP contribution is 2.33. The van der Waals surface area contributed by atoms with Crippen LogP contribution in [0.4, 0.5) is 0 Å². The highest BCUT2D eigenvalue weighted by molar-refractivity contribution is 7.19. The van der Waals surface area contributed by atoms with Gasteiger partial charge in [-0.2, -0.15) is 9.61 Å². The third kappa shape index (κ3) is 2.09. The fourth-order valence-corrected chi connectivity index (χ4v) is 3.55. The van der Waals surface area contributed by atoms with Crippen molar-refractivity contribution in [3.63, 3.8) is 0 Å². The molecule has 1 saturated heterocycles. The van der Waals surface area contributed by atoms with Gasteiger partial charge in [-0.15, -0.1) is 10.2 Å². The average molecular weight is 302 g/mol. The summed E-state index contributed by atoms with van der Waals surface area (Å²) in [5.41, 5.74) is 1.99. The number of aryl methyl sites for hydroxylation is 1. The minimum absolute atomic E-state index is 0.00383. The lowest BCUT2D eigenvalue weighted by molar-refractivity contribution is 0.103. The first-order valence-electron chi connectivity index (χ1n) is 6.86. The summed E-state index contributed by atoms with van der Waals surface area (Å²) >= 11 is 1.49. The minimum atomic E-state index is -0.00383. The largest absolute Gasteiger partial charge is 0.508 e. The lowest BCUT2D eigenvalue weighted by Crippen LogP contribution is -2.03. The first kappa shape index (κ1) is 12.7. The quantitative estimate of drug-likeness (QED) is 0.788. The fourth-order valence-electron chi connectivity index (χ4n) is 2.61. The number of phenolic OH excluding ortho intramolecular Hbond substituents is 1. The van der Waals surface area contributed by atoms with E-state index in [1.807, 2.05) is 13.0 Å². The van der Waals surface area contributed by atoms with Crippen LogP contribution in [-0.2, 0) is 4.74 Å². The number of nitrogens with zero attached hydrogens (tertiary/aromatic N) is 4. The molecule has 1 unspecified atom stereocenters. The highest BCUT2D eigenvalue weighted by atomic mass is 32.1. The third-order valence-electron chi connectivity index (χ3n) is 3.67. The van der Waals surface area contributed by atoms with Crippen molar-refractivity contribution in [2.24, 2.45) is 0 Å². The van der Waals surface area contributed by atoms with Crippen LogP contribution in [0.3, 0.4) is 0 Å². The van der Waals surface area contributed by atoms with Gasteiger partial charge in [0.1, 0.15) is 16.9 Å². The first-order valence-corrected chi connectivity index (χ1v) is 7.68. The second kappa shape index (κ2) is 4.78. The van der Waals surface area contributed by atoms with Gasteiger partial charge in [-0.25, -0.2) is 0 Å². The number of hydrogen-bond acceptors (Lipinski definition) is 6. The van der Waals surface area contributed by atoms with Crippen molar-refractivity contribution in [3.8, 4) is 16.3 Å². The molecule has 3 heterocycles. The van der Waals surface area contributed by atoms with Gasteiger partial charge in [0, 0.05) is 12.2 Å². The summed E-state index contributed by atoms with van der Waals surface area (Å²) in [6.45, 7) is 2.73. The van der Waals surface area contributed by atoms with E-state index in [9.17, 15) is 5.11 Å². The zero-order valence-corrected chi connectivity index (χ0v) is 12.3. The van der Waals surface area contributed by atoms with Gasteiger partial charge < -0.3 is 9.84 Å². The van der Waals surface area contributed by atoms with Gasteiger partial charge in [0.05, 0.1) is 0 Å². The van der Waals surface area contributed by atoms with Crippen molar-refractivity contribution in [3.05, 3.63) is 29.6 Å². The molecule has 0 bridgehead atoms. The van der Waals surface area contributed by atoms with Crippen LogP contribution in [0, 0.1) is 6.92 Å². The molecule has 1 aliphatic heterocycles. The lowest BCUT2D eigenvalue weighted by Gasteiger charge is -2.04. The van der Waals surface area contributed by atoms with Gasteiger partial charge in [0.2, 0.25) is 4.96 Å². The Labute approximate surface area is 125 Å². The Morgan fingerprint density at radius 2 is 2.29 bits per heavy atom.